The number of hydrogen-bond donors (Lipinski definition) is 0. The van der Waals surface area contributed by atoms with Crippen LogP contribution in [0, 0.1) is 0 Å². The largest absolute Gasteiger partial charge is 0.444 e. The van der Waals surface area contributed by atoms with E-state index in [1.165, 1.54) is 11.0 Å². The fraction of sp³-hybridized carbons (Fsp3) is 0.438. The van der Waals surface area contributed by atoms with Gasteiger partial charge >= 0.3 is 12.3 Å². The average Bonchev–Trinajstić information content (AvgIpc) is 2.85. The standard InChI is InChI=1S/C16H17BrF3NO2/c1-15(2,3)23-14(22)21-7-6-10(9-21)12-8-11(16(18,19)20)4-5-13(12)17/h4-6,8H,7,9H2,1-3H3. The molecule has 1 amide bonds. The normalized spacial score (nSPS) is 15.6. The molecule has 0 N–H and O–H groups in total. The quantitative estimate of drug-likeness (QED) is 0.666. The van der Waals surface area contributed by atoms with E-state index >= 15 is 0 Å². The monoisotopic (exact) mass is 391 g/mol. The van der Waals surface area contributed by atoms with Crippen molar-refractivity contribution in [3.63, 3.8) is 0 Å². The second-order valence-corrected chi connectivity index (χ2v) is 7.14. The lowest BCUT2D eigenvalue weighted by Crippen LogP contribution is -2.35. The predicted octanol–water partition coefficient (Wildman–Crippen LogP) is 5.10. The van der Waals surface area contributed by atoms with E-state index in [9.17, 15) is 18.0 Å². The molecule has 7 heteroatoms. The Bertz CT molecular complexity index is 648. The molecule has 0 saturated heterocycles. The van der Waals surface area contributed by atoms with E-state index in [-0.39, 0.29) is 6.54 Å². The first-order valence-corrected chi connectivity index (χ1v) is 7.81. The lowest BCUT2D eigenvalue weighted by molar-refractivity contribution is -0.137. The van der Waals surface area contributed by atoms with Crippen molar-refractivity contribution in [2.75, 3.05) is 13.1 Å². The van der Waals surface area contributed by atoms with Gasteiger partial charge in [-0.1, -0.05) is 22.0 Å². The van der Waals surface area contributed by atoms with Gasteiger partial charge in [-0.2, -0.15) is 13.2 Å². The number of nitrogens with zero attached hydrogens (tertiary/aromatic N) is 1. The van der Waals surface area contributed by atoms with Crippen molar-refractivity contribution in [1.82, 2.24) is 4.90 Å². The third-order valence-corrected chi connectivity index (χ3v) is 3.90. The number of halogens is 4. The number of benzene rings is 1. The van der Waals surface area contributed by atoms with E-state index in [0.29, 0.717) is 22.2 Å². The number of carbonyl (C=O) groups is 1. The molecule has 0 saturated carbocycles. The third kappa shape index (κ3) is 4.50. The summed E-state index contributed by atoms with van der Waals surface area (Å²) in [5, 5.41) is 0. The number of carbonyl (C=O) groups excluding carboxylic acids is 1. The van der Waals surface area contributed by atoms with Crippen molar-refractivity contribution >= 4 is 27.6 Å². The fourth-order valence-corrected chi connectivity index (χ4v) is 2.66. The van der Waals surface area contributed by atoms with Crippen LogP contribution in [0.1, 0.15) is 31.9 Å². The van der Waals surface area contributed by atoms with Crippen LogP contribution in [0.2, 0.25) is 0 Å². The molecule has 0 bridgehead atoms. The van der Waals surface area contributed by atoms with Crippen LogP contribution in [0.4, 0.5) is 18.0 Å². The summed E-state index contributed by atoms with van der Waals surface area (Å²) in [4.78, 5) is 13.5. The van der Waals surface area contributed by atoms with Gasteiger partial charge in [0, 0.05) is 17.6 Å². The van der Waals surface area contributed by atoms with Crippen LogP contribution in [0.25, 0.3) is 5.57 Å². The van der Waals surface area contributed by atoms with Crippen molar-refractivity contribution in [2.24, 2.45) is 0 Å². The maximum absolute atomic E-state index is 12.9. The molecule has 0 aromatic heterocycles. The SMILES string of the molecule is CC(C)(C)OC(=O)N1CC=C(c2cc(C(F)(F)F)ccc2Br)C1. The molecule has 2 rings (SSSR count). The van der Waals surface area contributed by atoms with Crippen LogP contribution in [0.3, 0.4) is 0 Å². The molecule has 0 radical (unpaired) electrons. The predicted molar refractivity (Wildman–Crippen MR) is 84.9 cm³/mol. The van der Waals surface area contributed by atoms with Gasteiger partial charge in [-0.25, -0.2) is 4.79 Å². The molecule has 0 aliphatic carbocycles. The van der Waals surface area contributed by atoms with Crippen molar-refractivity contribution in [1.29, 1.82) is 0 Å². The Hall–Kier alpha value is -1.50. The molecule has 0 spiro atoms. The molecule has 0 fully saturated rings. The zero-order chi connectivity index (χ0) is 17.4. The maximum Gasteiger partial charge on any atom is 0.416 e. The Kier molecular flexibility index (Phi) is 4.80. The van der Waals surface area contributed by atoms with E-state index in [0.717, 1.165) is 12.1 Å². The Morgan fingerprint density at radius 3 is 2.48 bits per heavy atom. The molecule has 1 aliphatic heterocycles. The minimum atomic E-state index is -4.40. The Labute approximate surface area is 141 Å². The highest BCUT2D eigenvalue weighted by molar-refractivity contribution is 9.10. The molecule has 1 aliphatic rings. The molecule has 23 heavy (non-hydrogen) atoms. The van der Waals surface area contributed by atoms with Crippen LogP contribution in [0.15, 0.2) is 28.7 Å². The smallest absolute Gasteiger partial charge is 0.416 e. The van der Waals surface area contributed by atoms with E-state index in [4.69, 9.17) is 4.74 Å². The number of alkyl halides is 3. The summed E-state index contributed by atoms with van der Waals surface area (Å²) in [7, 11) is 0. The molecule has 1 aromatic carbocycles. The van der Waals surface area contributed by atoms with Crippen LogP contribution in [-0.4, -0.2) is 29.7 Å². The molecule has 126 valence electrons. The molecule has 3 nitrogen and oxygen atoms in total. The summed E-state index contributed by atoms with van der Waals surface area (Å²) in [6, 6.07) is 3.48. The van der Waals surface area contributed by atoms with Gasteiger partial charge in [0.1, 0.15) is 5.60 Å². The van der Waals surface area contributed by atoms with Gasteiger partial charge in [0.15, 0.2) is 0 Å². The number of hydrogen-bond acceptors (Lipinski definition) is 2. The highest BCUT2D eigenvalue weighted by Crippen LogP contribution is 2.35. The van der Waals surface area contributed by atoms with Crippen LogP contribution < -0.4 is 0 Å². The number of ether oxygens (including phenoxy) is 1. The minimum Gasteiger partial charge on any atom is -0.444 e. The maximum atomic E-state index is 12.9. The lowest BCUT2D eigenvalue weighted by Gasteiger charge is -2.24. The highest BCUT2D eigenvalue weighted by Gasteiger charge is 2.32. The van der Waals surface area contributed by atoms with Crippen LogP contribution in [-0.2, 0) is 10.9 Å². The molecule has 1 heterocycles. The van der Waals surface area contributed by atoms with Crippen LogP contribution in [0.5, 0.6) is 0 Å². The summed E-state index contributed by atoms with van der Waals surface area (Å²) >= 11 is 3.27. The first kappa shape index (κ1) is 17.8. The van der Waals surface area contributed by atoms with E-state index in [2.05, 4.69) is 15.9 Å². The zero-order valence-electron chi connectivity index (χ0n) is 13.0. The Morgan fingerprint density at radius 1 is 1.26 bits per heavy atom. The van der Waals surface area contributed by atoms with E-state index < -0.39 is 23.4 Å². The van der Waals surface area contributed by atoms with Gasteiger partial charge in [-0.3, -0.25) is 0 Å². The van der Waals surface area contributed by atoms with Crippen molar-refractivity contribution in [3.05, 3.63) is 39.9 Å². The van der Waals surface area contributed by atoms with Crippen molar-refractivity contribution < 1.29 is 22.7 Å². The Balaban J connectivity index is 2.17. The average molecular weight is 392 g/mol. The van der Waals surface area contributed by atoms with Gasteiger partial charge in [-0.05, 0) is 50.1 Å². The minimum absolute atomic E-state index is 0.217. The van der Waals surface area contributed by atoms with Gasteiger partial charge in [0.05, 0.1) is 5.56 Å². The fourth-order valence-electron chi connectivity index (χ4n) is 2.16. The van der Waals surface area contributed by atoms with E-state index in [1.54, 1.807) is 26.8 Å². The first-order chi connectivity index (χ1) is 10.5. The molecule has 0 atom stereocenters. The van der Waals surface area contributed by atoms with Gasteiger partial charge in [-0.15, -0.1) is 0 Å². The molecular formula is C16H17BrF3NO2. The summed E-state index contributed by atoms with van der Waals surface area (Å²) in [5.41, 5.74) is -0.233. The second kappa shape index (κ2) is 6.19. The van der Waals surface area contributed by atoms with Crippen molar-refractivity contribution in [3.8, 4) is 0 Å². The molecule has 1 aromatic rings. The number of rotatable bonds is 1. The summed E-state index contributed by atoms with van der Waals surface area (Å²) < 4.78 is 44.4. The molecular weight excluding hydrogens is 375 g/mol. The highest BCUT2D eigenvalue weighted by atomic mass is 79.9. The third-order valence-electron chi connectivity index (χ3n) is 3.21. The zero-order valence-corrected chi connectivity index (χ0v) is 14.6. The van der Waals surface area contributed by atoms with Gasteiger partial charge in [0.2, 0.25) is 0 Å². The number of amides is 1. The van der Waals surface area contributed by atoms with Gasteiger partial charge in [0.25, 0.3) is 0 Å². The lowest BCUT2D eigenvalue weighted by atomic mass is 10.0. The van der Waals surface area contributed by atoms with Gasteiger partial charge < -0.3 is 9.64 Å². The summed E-state index contributed by atoms with van der Waals surface area (Å²) in [5.74, 6) is 0. The van der Waals surface area contributed by atoms with Crippen molar-refractivity contribution in [2.45, 2.75) is 32.5 Å². The van der Waals surface area contributed by atoms with Crippen LogP contribution >= 0.6 is 15.9 Å². The molecule has 0 unspecified atom stereocenters. The first-order valence-electron chi connectivity index (χ1n) is 7.01. The summed E-state index contributed by atoms with van der Waals surface area (Å²) in [6.45, 7) is 5.82. The second-order valence-electron chi connectivity index (χ2n) is 6.28. The summed E-state index contributed by atoms with van der Waals surface area (Å²) in [6.07, 6.45) is -3.14. The van der Waals surface area contributed by atoms with E-state index in [1.807, 2.05) is 0 Å². The topological polar surface area (TPSA) is 29.5 Å². The Morgan fingerprint density at radius 2 is 1.91 bits per heavy atom.